The van der Waals surface area contributed by atoms with E-state index in [4.69, 9.17) is 9.47 Å². The van der Waals surface area contributed by atoms with E-state index in [1.54, 1.807) is 41.8 Å². The van der Waals surface area contributed by atoms with E-state index in [-0.39, 0.29) is 18.6 Å². The van der Waals surface area contributed by atoms with Gasteiger partial charge in [-0.05, 0) is 30.5 Å². The zero-order valence-corrected chi connectivity index (χ0v) is 14.8. The quantitative estimate of drug-likeness (QED) is 0.576. The molecule has 0 aliphatic carbocycles. The Morgan fingerprint density at radius 2 is 1.88 bits per heavy atom. The lowest BCUT2D eigenvalue weighted by Gasteiger charge is -2.15. The van der Waals surface area contributed by atoms with Crippen LogP contribution >= 0.6 is 11.3 Å². The molecule has 7 heteroatoms. The number of para-hydroxylation sites is 2. The lowest BCUT2D eigenvalue weighted by Crippen LogP contribution is -2.30. The highest BCUT2D eigenvalue weighted by molar-refractivity contribution is 7.12. The summed E-state index contributed by atoms with van der Waals surface area (Å²) < 4.78 is 10.2. The molecular weight excluding hydrogens is 342 g/mol. The van der Waals surface area contributed by atoms with Crippen LogP contribution in [-0.4, -0.2) is 30.9 Å². The van der Waals surface area contributed by atoms with E-state index < -0.39 is 18.0 Å². The average molecular weight is 361 g/mol. The first-order valence-electron chi connectivity index (χ1n) is 7.71. The molecule has 0 fully saturated rings. The molecule has 0 saturated carbocycles. The van der Waals surface area contributed by atoms with Crippen LogP contribution in [0.5, 0.6) is 5.75 Å². The molecule has 0 unspecified atom stereocenters. The van der Waals surface area contributed by atoms with Gasteiger partial charge in [0.1, 0.15) is 5.75 Å². The van der Waals surface area contributed by atoms with Crippen LogP contribution in [0.3, 0.4) is 0 Å². The van der Waals surface area contributed by atoms with E-state index in [1.165, 1.54) is 25.4 Å². The Bertz CT molecular complexity index is 742. The Labute approximate surface area is 149 Å². The van der Waals surface area contributed by atoms with E-state index in [2.05, 4.69) is 5.32 Å². The van der Waals surface area contributed by atoms with Gasteiger partial charge in [-0.15, -0.1) is 11.3 Å². The number of ether oxygens (including phenoxy) is 2. The third-order valence-corrected chi connectivity index (χ3v) is 4.31. The van der Waals surface area contributed by atoms with Gasteiger partial charge in [-0.25, -0.2) is 0 Å². The lowest BCUT2D eigenvalue weighted by molar-refractivity contribution is -0.153. The van der Waals surface area contributed by atoms with Gasteiger partial charge >= 0.3 is 5.97 Å². The number of rotatable bonds is 8. The summed E-state index contributed by atoms with van der Waals surface area (Å²) in [5.74, 6) is -0.663. The minimum Gasteiger partial charge on any atom is -0.495 e. The topological polar surface area (TPSA) is 81.7 Å². The summed E-state index contributed by atoms with van der Waals surface area (Å²) in [6.45, 7) is 1.48. The van der Waals surface area contributed by atoms with E-state index in [0.717, 1.165) is 0 Å². The third-order valence-electron chi connectivity index (χ3n) is 3.39. The van der Waals surface area contributed by atoms with Crippen molar-refractivity contribution in [3.05, 3.63) is 46.7 Å². The minimum absolute atomic E-state index is 0.0557. The number of carbonyl (C=O) groups is 3. The van der Waals surface area contributed by atoms with Crippen molar-refractivity contribution in [2.24, 2.45) is 0 Å². The van der Waals surface area contributed by atoms with Crippen LogP contribution in [0.1, 0.15) is 29.4 Å². The van der Waals surface area contributed by atoms with E-state index >= 15 is 0 Å². The summed E-state index contributed by atoms with van der Waals surface area (Å²) in [6, 6.07) is 10.4. The van der Waals surface area contributed by atoms with Crippen LogP contribution in [-0.2, 0) is 14.3 Å². The molecule has 0 aliphatic heterocycles. The summed E-state index contributed by atoms with van der Waals surface area (Å²) in [4.78, 5) is 36.4. The molecular formula is C18H19NO5S. The summed E-state index contributed by atoms with van der Waals surface area (Å²) in [5.41, 5.74) is 0.491. The van der Waals surface area contributed by atoms with Crippen molar-refractivity contribution in [2.75, 3.05) is 12.4 Å². The number of carbonyl (C=O) groups excluding carboxylic acids is 3. The van der Waals surface area contributed by atoms with Crippen molar-refractivity contribution in [3.63, 3.8) is 0 Å². The monoisotopic (exact) mass is 361 g/mol. The van der Waals surface area contributed by atoms with Crippen LogP contribution in [0.25, 0.3) is 0 Å². The maximum absolute atomic E-state index is 12.1. The molecule has 1 amide bonds. The number of hydrogen-bond acceptors (Lipinski definition) is 6. The number of ketones is 1. The largest absolute Gasteiger partial charge is 0.495 e. The molecule has 132 valence electrons. The number of anilines is 1. The maximum Gasteiger partial charge on any atom is 0.307 e. The second-order valence-electron chi connectivity index (χ2n) is 5.22. The lowest BCUT2D eigenvalue weighted by atomic mass is 10.2. The molecule has 0 spiro atoms. The molecule has 1 heterocycles. The SMILES string of the molecule is COc1ccccc1NC(=O)[C@@H](C)OC(=O)CCC(=O)c1cccs1. The molecule has 1 aromatic carbocycles. The number of benzene rings is 1. The molecule has 1 N–H and O–H groups in total. The first kappa shape index (κ1) is 18.7. The summed E-state index contributed by atoms with van der Waals surface area (Å²) in [7, 11) is 1.50. The molecule has 2 rings (SSSR count). The zero-order chi connectivity index (χ0) is 18.2. The number of nitrogens with one attached hydrogen (secondary N) is 1. The summed E-state index contributed by atoms with van der Waals surface area (Å²) in [5, 5.41) is 4.45. The van der Waals surface area contributed by atoms with Crippen molar-refractivity contribution >= 4 is 34.7 Å². The van der Waals surface area contributed by atoms with Crippen LogP contribution in [0.15, 0.2) is 41.8 Å². The second-order valence-corrected chi connectivity index (χ2v) is 6.17. The van der Waals surface area contributed by atoms with Gasteiger partial charge in [-0.2, -0.15) is 0 Å². The number of thiophene rings is 1. The molecule has 1 aromatic heterocycles. The molecule has 6 nitrogen and oxygen atoms in total. The van der Waals surface area contributed by atoms with Crippen molar-refractivity contribution in [1.82, 2.24) is 0 Å². The zero-order valence-electron chi connectivity index (χ0n) is 14.0. The van der Waals surface area contributed by atoms with Crippen molar-refractivity contribution in [3.8, 4) is 5.75 Å². The van der Waals surface area contributed by atoms with Crippen molar-refractivity contribution < 1.29 is 23.9 Å². The smallest absolute Gasteiger partial charge is 0.307 e. The highest BCUT2D eigenvalue weighted by atomic mass is 32.1. The van der Waals surface area contributed by atoms with Gasteiger partial charge in [0.05, 0.1) is 24.1 Å². The average Bonchev–Trinajstić information content (AvgIpc) is 3.14. The molecule has 2 aromatic rings. The Kier molecular flexibility index (Phi) is 6.71. The maximum atomic E-state index is 12.1. The fourth-order valence-corrected chi connectivity index (χ4v) is 2.76. The Morgan fingerprint density at radius 3 is 2.56 bits per heavy atom. The molecule has 1 atom stereocenters. The molecule has 25 heavy (non-hydrogen) atoms. The van der Waals surface area contributed by atoms with E-state index in [0.29, 0.717) is 16.3 Å². The normalized spacial score (nSPS) is 11.4. The van der Waals surface area contributed by atoms with Crippen LogP contribution in [0.4, 0.5) is 5.69 Å². The highest BCUT2D eigenvalue weighted by Gasteiger charge is 2.20. The second kappa shape index (κ2) is 8.98. The predicted octanol–water partition coefficient (Wildman–Crippen LogP) is 3.29. The summed E-state index contributed by atoms with van der Waals surface area (Å²) in [6.07, 6.45) is -0.988. The Balaban J connectivity index is 1.82. The van der Waals surface area contributed by atoms with Crippen molar-refractivity contribution in [2.45, 2.75) is 25.9 Å². The molecule has 0 bridgehead atoms. The van der Waals surface area contributed by atoms with Crippen LogP contribution < -0.4 is 10.1 Å². The summed E-state index contributed by atoms with van der Waals surface area (Å²) >= 11 is 1.33. The van der Waals surface area contributed by atoms with E-state index in [9.17, 15) is 14.4 Å². The van der Waals surface area contributed by atoms with Gasteiger partial charge < -0.3 is 14.8 Å². The van der Waals surface area contributed by atoms with Gasteiger partial charge in [-0.1, -0.05) is 18.2 Å². The van der Waals surface area contributed by atoms with Gasteiger partial charge in [0, 0.05) is 6.42 Å². The minimum atomic E-state index is -0.978. The number of esters is 1. The van der Waals surface area contributed by atoms with Gasteiger partial charge in [0.2, 0.25) is 0 Å². The third kappa shape index (κ3) is 5.42. The van der Waals surface area contributed by atoms with Gasteiger partial charge in [0.25, 0.3) is 5.91 Å². The van der Waals surface area contributed by atoms with Gasteiger partial charge in [-0.3, -0.25) is 14.4 Å². The number of Topliss-reactive ketones (excluding diaryl/α,β-unsaturated/α-hetero) is 1. The van der Waals surface area contributed by atoms with Crippen molar-refractivity contribution in [1.29, 1.82) is 0 Å². The molecule has 0 saturated heterocycles. The molecule has 0 radical (unpaired) electrons. The van der Waals surface area contributed by atoms with Crippen LogP contribution in [0.2, 0.25) is 0 Å². The highest BCUT2D eigenvalue weighted by Crippen LogP contribution is 2.23. The van der Waals surface area contributed by atoms with E-state index in [1.807, 2.05) is 0 Å². The number of amides is 1. The Morgan fingerprint density at radius 1 is 1.12 bits per heavy atom. The number of methoxy groups -OCH3 is 1. The fourth-order valence-electron chi connectivity index (χ4n) is 2.07. The molecule has 0 aliphatic rings. The predicted molar refractivity (Wildman–Crippen MR) is 95.1 cm³/mol. The van der Waals surface area contributed by atoms with Gasteiger partial charge in [0.15, 0.2) is 11.9 Å². The fraction of sp³-hybridized carbons (Fsp3) is 0.278. The standard InChI is InChI=1S/C18H19NO5S/c1-12(18(22)19-13-6-3-4-7-15(13)23-2)24-17(21)10-9-14(20)16-8-5-11-25-16/h3-8,11-12H,9-10H2,1-2H3,(H,19,22)/t12-/m1/s1. The first-order chi connectivity index (χ1) is 12.0. The van der Waals surface area contributed by atoms with Crippen LogP contribution in [0, 0.1) is 0 Å². The number of hydrogen-bond donors (Lipinski definition) is 1. The Hall–Kier alpha value is -2.67. The first-order valence-corrected chi connectivity index (χ1v) is 8.59.